The summed E-state index contributed by atoms with van der Waals surface area (Å²) < 4.78 is 24.5. The Morgan fingerprint density at radius 2 is 2.10 bits per heavy atom. The second-order valence-corrected chi connectivity index (χ2v) is 7.70. The van der Waals surface area contributed by atoms with Crippen molar-refractivity contribution < 1.29 is 13.2 Å². The van der Waals surface area contributed by atoms with E-state index in [4.69, 9.17) is 5.14 Å². The molecule has 21 heavy (non-hydrogen) atoms. The average Bonchev–Trinajstić information content (AvgIpc) is 3.02. The third kappa shape index (κ3) is 3.47. The summed E-state index contributed by atoms with van der Waals surface area (Å²) in [6.07, 6.45) is 4.73. The van der Waals surface area contributed by atoms with Crippen LogP contribution in [-0.2, 0) is 10.0 Å². The minimum Gasteiger partial charge on any atom is -0.350 e. The van der Waals surface area contributed by atoms with Crippen molar-refractivity contribution in [3.63, 3.8) is 0 Å². The van der Waals surface area contributed by atoms with Gasteiger partial charge in [0.15, 0.2) is 0 Å². The van der Waals surface area contributed by atoms with Gasteiger partial charge in [0.1, 0.15) is 10.6 Å². The van der Waals surface area contributed by atoms with Crippen LogP contribution in [0.5, 0.6) is 0 Å². The molecule has 1 aliphatic rings. The molecule has 0 unspecified atom stereocenters. The molecule has 1 saturated carbocycles. The van der Waals surface area contributed by atoms with Crippen molar-refractivity contribution in [2.45, 2.75) is 51.0 Å². The molecular weight excluding hydrogens is 290 g/mol. The highest BCUT2D eigenvalue weighted by Gasteiger charge is 2.40. The highest BCUT2D eigenvalue weighted by atomic mass is 32.2. The third-order valence-electron chi connectivity index (χ3n) is 4.27. The van der Waals surface area contributed by atoms with E-state index in [2.05, 4.69) is 12.2 Å². The quantitative estimate of drug-likeness (QED) is 0.836. The van der Waals surface area contributed by atoms with Gasteiger partial charge in [0, 0.05) is 18.8 Å². The van der Waals surface area contributed by atoms with Crippen LogP contribution in [0.2, 0.25) is 0 Å². The fraction of sp³-hybridized carbons (Fsp3) is 0.643. The van der Waals surface area contributed by atoms with Gasteiger partial charge >= 0.3 is 0 Å². The van der Waals surface area contributed by atoms with Crippen LogP contribution in [0.1, 0.15) is 56.6 Å². The van der Waals surface area contributed by atoms with Crippen molar-refractivity contribution in [1.29, 1.82) is 0 Å². The zero-order valence-electron chi connectivity index (χ0n) is 12.7. The van der Waals surface area contributed by atoms with Crippen molar-refractivity contribution >= 4 is 15.9 Å². The monoisotopic (exact) mass is 313 g/mol. The highest BCUT2D eigenvalue weighted by molar-refractivity contribution is 7.89. The minimum absolute atomic E-state index is 0.0256. The molecule has 1 aromatic rings. The fourth-order valence-corrected chi connectivity index (χ4v) is 2.95. The van der Waals surface area contributed by atoms with E-state index in [1.807, 2.05) is 13.8 Å². The van der Waals surface area contributed by atoms with Crippen LogP contribution in [-0.4, -0.2) is 25.4 Å². The number of hydrogen-bond acceptors (Lipinski definition) is 3. The molecule has 6 nitrogen and oxygen atoms in total. The summed E-state index contributed by atoms with van der Waals surface area (Å²) in [4.78, 5) is 12.3. The van der Waals surface area contributed by atoms with Crippen LogP contribution in [0.15, 0.2) is 17.2 Å². The van der Waals surface area contributed by atoms with Gasteiger partial charge in [-0.3, -0.25) is 4.79 Å². The molecule has 0 radical (unpaired) electrons. The first-order chi connectivity index (χ1) is 9.68. The lowest BCUT2D eigenvalue weighted by molar-refractivity contribution is 0.0933. The second kappa shape index (κ2) is 5.46. The molecule has 0 spiro atoms. The topological polar surface area (TPSA) is 94.2 Å². The normalized spacial score (nSPS) is 17.0. The third-order valence-corrected chi connectivity index (χ3v) is 5.15. The van der Waals surface area contributed by atoms with Gasteiger partial charge in [-0.15, -0.1) is 0 Å². The Balaban J connectivity index is 2.21. The standard InChI is InChI=1S/C14H23N3O3S/c1-4-14(5-6-14)9-16-13(18)12-7-11(21(15,19)20)8-17(12)10(2)3/h7-8,10H,4-6,9H2,1-3H3,(H,16,18)(H2,15,19,20). The summed E-state index contributed by atoms with van der Waals surface area (Å²) in [5.74, 6) is -0.252. The van der Waals surface area contributed by atoms with E-state index in [1.165, 1.54) is 12.3 Å². The number of carbonyl (C=O) groups excluding carboxylic acids is 1. The number of hydrogen-bond donors (Lipinski definition) is 2. The molecular formula is C14H23N3O3S. The predicted molar refractivity (Wildman–Crippen MR) is 80.5 cm³/mol. The van der Waals surface area contributed by atoms with Gasteiger partial charge in [0.05, 0.1) is 0 Å². The van der Waals surface area contributed by atoms with Gasteiger partial charge in [-0.05, 0) is 44.6 Å². The van der Waals surface area contributed by atoms with E-state index >= 15 is 0 Å². The molecule has 2 rings (SSSR count). The lowest BCUT2D eigenvalue weighted by Gasteiger charge is -2.16. The molecule has 1 amide bonds. The number of nitrogens with one attached hydrogen (secondary N) is 1. The Labute approximate surface area is 125 Å². The molecule has 1 fully saturated rings. The van der Waals surface area contributed by atoms with Crippen LogP contribution < -0.4 is 10.5 Å². The van der Waals surface area contributed by atoms with E-state index in [-0.39, 0.29) is 22.3 Å². The smallest absolute Gasteiger partial charge is 0.267 e. The number of sulfonamides is 1. The average molecular weight is 313 g/mol. The lowest BCUT2D eigenvalue weighted by Crippen LogP contribution is -2.31. The molecule has 1 aromatic heterocycles. The van der Waals surface area contributed by atoms with Gasteiger partial charge < -0.3 is 9.88 Å². The maximum Gasteiger partial charge on any atom is 0.267 e. The number of amides is 1. The summed E-state index contributed by atoms with van der Waals surface area (Å²) in [6.45, 7) is 6.53. The summed E-state index contributed by atoms with van der Waals surface area (Å²) >= 11 is 0. The van der Waals surface area contributed by atoms with E-state index in [0.717, 1.165) is 19.3 Å². The number of rotatable bonds is 6. The van der Waals surface area contributed by atoms with Crippen LogP contribution in [0.25, 0.3) is 0 Å². The zero-order chi connectivity index (χ0) is 15.8. The fourth-order valence-electron chi connectivity index (χ4n) is 2.41. The molecule has 7 heteroatoms. The molecule has 0 aliphatic heterocycles. The number of nitrogens with zero attached hydrogens (tertiary/aromatic N) is 1. The lowest BCUT2D eigenvalue weighted by atomic mass is 10.0. The van der Waals surface area contributed by atoms with Crippen molar-refractivity contribution in [3.8, 4) is 0 Å². The number of primary sulfonamides is 1. The van der Waals surface area contributed by atoms with E-state index in [9.17, 15) is 13.2 Å². The van der Waals surface area contributed by atoms with E-state index < -0.39 is 10.0 Å². The van der Waals surface area contributed by atoms with Crippen molar-refractivity contribution in [3.05, 3.63) is 18.0 Å². The first-order valence-corrected chi connectivity index (χ1v) is 8.76. The number of nitrogens with two attached hydrogens (primary N) is 1. The number of carbonyl (C=O) groups is 1. The molecule has 118 valence electrons. The van der Waals surface area contributed by atoms with Crippen LogP contribution in [0.3, 0.4) is 0 Å². The Hall–Kier alpha value is -1.34. The predicted octanol–water partition coefficient (Wildman–Crippen LogP) is 1.64. The van der Waals surface area contributed by atoms with Crippen molar-refractivity contribution in [1.82, 2.24) is 9.88 Å². The highest BCUT2D eigenvalue weighted by Crippen LogP contribution is 2.47. The zero-order valence-corrected chi connectivity index (χ0v) is 13.5. The minimum atomic E-state index is -3.81. The van der Waals surface area contributed by atoms with Gasteiger partial charge in [0.2, 0.25) is 10.0 Å². The molecule has 1 aliphatic carbocycles. The van der Waals surface area contributed by atoms with E-state index in [1.54, 1.807) is 4.57 Å². The van der Waals surface area contributed by atoms with Gasteiger partial charge in [-0.1, -0.05) is 6.92 Å². The Kier molecular flexibility index (Phi) is 4.17. The molecule has 0 atom stereocenters. The molecule has 0 aromatic carbocycles. The van der Waals surface area contributed by atoms with Crippen LogP contribution in [0.4, 0.5) is 0 Å². The maximum atomic E-state index is 12.3. The van der Waals surface area contributed by atoms with Gasteiger partial charge in [-0.25, -0.2) is 13.6 Å². The molecule has 1 heterocycles. The first-order valence-electron chi connectivity index (χ1n) is 7.21. The molecule has 3 N–H and O–H groups in total. The Bertz CT molecular complexity index is 642. The molecule has 0 bridgehead atoms. The summed E-state index contributed by atoms with van der Waals surface area (Å²) in [6, 6.07) is 1.32. The molecule has 0 saturated heterocycles. The maximum absolute atomic E-state index is 12.3. The Morgan fingerprint density at radius 3 is 2.52 bits per heavy atom. The SMILES string of the molecule is CCC1(CNC(=O)c2cc(S(N)(=O)=O)cn2C(C)C)CC1. The van der Waals surface area contributed by atoms with Gasteiger partial charge in [-0.2, -0.15) is 0 Å². The summed E-state index contributed by atoms with van der Waals surface area (Å²) in [5, 5.41) is 8.06. The van der Waals surface area contributed by atoms with Crippen molar-refractivity contribution in [2.75, 3.05) is 6.54 Å². The van der Waals surface area contributed by atoms with Crippen LogP contribution >= 0.6 is 0 Å². The number of aromatic nitrogens is 1. The largest absolute Gasteiger partial charge is 0.350 e. The van der Waals surface area contributed by atoms with Crippen LogP contribution in [0, 0.1) is 5.41 Å². The Morgan fingerprint density at radius 1 is 1.48 bits per heavy atom. The summed E-state index contributed by atoms with van der Waals surface area (Å²) in [7, 11) is -3.81. The summed E-state index contributed by atoms with van der Waals surface area (Å²) in [5.41, 5.74) is 0.578. The second-order valence-electron chi connectivity index (χ2n) is 6.14. The van der Waals surface area contributed by atoms with Gasteiger partial charge in [0.25, 0.3) is 5.91 Å². The first kappa shape index (κ1) is 16.0. The van der Waals surface area contributed by atoms with Crippen molar-refractivity contribution in [2.24, 2.45) is 10.6 Å². The van der Waals surface area contributed by atoms with E-state index in [0.29, 0.717) is 12.2 Å².